The lowest BCUT2D eigenvalue weighted by atomic mass is 9.91. The van der Waals surface area contributed by atoms with Gasteiger partial charge in [0, 0.05) is 0 Å². The van der Waals surface area contributed by atoms with Crippen molar-refractivity contribution < 1.29 is 24.3 Å². The zero-order valence-electron chi connectivity index (χ0n) is 15.2. The van der Waals surface area contributed by atoms with Gasteiger partial charge in [0.05, 0.1) is 0 Å². The number of amides is 4. The van der Waals surface area contributed by atoms with Gasteiger partial charge in [0.1, 0.15) is 18.1 Å². The number of hydrogen-bond donors (Lipinski definition) is 3. The number of carboxylic acids is 1. The van der Waals surface area contributed by atoms with Crippen molar-refractivity contribution in [3.63, 3.8) is 0 Å². The van der Waals surface area contributed by atoms with Crippen molar-refractivity contribution in [3.05, 3.63) is 35.4 Å². The molecule has 26 heavy (non-hydrogen) atoms. The molecule has 0 bridgehead atoms. The Bertz CT molecular complexity index is 744. The van der Waals surface area contributed by atoms with Crippen molar-refractivity contribution in [2.75, 3.05) is 6.54 Å². The maximum Gasteiger partial charge on any atom is 0.326 e. The summed E-state index contributed by atoms with van der Waals surface area (Å²) in [6, 6.07) is 5.37. The molecule has 8 heteroatoms. The van der Waals surface area contributed by atoms with Crippen molar-refractivity contribution >= 4 is 23.8 Å². The standard InChI is InChI=1S/C18H23N3O5/c1-10(2)14(15(23)24)19-13(22)9-21-16(25)18(4,20-17(21)26)12-7-5-11(3)6-8-12/h5-8,10,14H,9H2,1-4H3,(H,19,22)(H,20,26)(H,23,24)/t14-,18?/m0/s1. The Hall–Kier alpha value is -2.90. The summed E-state index contributed by atoms with van der Waals surface area (Å²) in [6.45, 7) is 6.25. The molecule has 1 aromatic rings. The minimum absolute atomic E-state index is 0.336. The summed E-state index contributed by atoms with van der Waals surface area (Å²) in [6.07, 6.45) is 0. The molecule has 140 valence electrons. The number of aliphatic carboxylic acids is 1. The first-order chi connectivity index (χ1) is 12.1. The second-order valence-electron chi connectivity index (χ2n) is 6.94. The average Bonchev–Trinajstić information content (AvgIpc) is 2.77. The lowest BCUT2D eigenvalue weighted by Crippen LogP contribution is -2.49. The van der Waals surface area contributed by atoms with Gasteiger partial charge in [-0.1, -0.05) is 43.7 Å². The Morgan fingerprint density at radius 2 is 1.81 bits per heavy atom. The van der Waals surface area contributed by atoms with Crippen LogP contribution >= 0.6 is 0 Å². The maximum absolute atomic E-state index is 12.8. The summed E-state index contributed by atoms with van der Waals surface area (Å²) < 4.78 is 0. The molecule has 3 N–H and O–H groups in total. The van der Waals surface area contributed by atoms with Crippen molar-refractivity contribution in [2.45, 2.75) is 39.3 Å². The molecule has 1 fully saturated rings. The number of carbonyl (C=O) groups is 4. The molecule has 4 amide bonds. The van der Waals surface area contributed by atoms with Gasteiger partial charge in [0.25, 0.3) is 5.91 Å². The molecular formula is C18H23N3O5. The van der Waals surface area contributed by atoms with E-state index < -0.39 is 41.9 Å². The van der Waals surface area contributed by atoms with E-state index in [1.807, 2.05) is 19.1 Å². The van der Waals surface area contributed by atoms with Crippen LogP contribution in [0.5, 0.6) is 0 Å². The van der Waals surface area contributed by atoms with E-state index in [9.17, 15) is 19.2 Å². The fraction of sp³-hybridized carbons (Fsp3) is 0.444. The third-order valence-electron chi connectivity index (χ3n) is 4.45. The number of benzene rings is 1. The number of carbonyl (C=O) groups excluding carboxylic acids is 3. The van der Waals surface area contributed by atoms with Crippen LogP contribution in [0.15, 0.2) is 24.3 Å². The van der Waals surface area contributed by atoms with Crippen molar-refractivity contribution in [1.29, 1.82) is 0 Å². The van der Waals surface area contributed by atoms with Crippen LogP contribution < -0.4 is 10.6 Å². The van der Waals surface area contributed by atoms with Gasteiger partial charge in [0.15, 0.2) is 0 Å². The minimum Gasteiger partial charge on any atom is -0.480 e. The third-order valence-corrected chi connectivity index (χ3v) is 4.45. The smallest absolute Gasteiger partial charge is 0.326 e. The predicted octanol–water partition coefficient (Wildman–Crippen LogP) is 0.987. The summed E-state index contributed by atoms with van der Waals surface area (Å²) in [5, 5.41) is 14.1. The normalized spacial score (nSPS) is 20.9. The predicted molar refractivity (Wildman–Crippen MR) is 93.2 cm³/mol. The van der Waals surface area contributed by atoms with E-state index in [2.05, 4.69) is 10.6 Å². The number of urea groups is 1. The van der Waals surface area contributed by atoms with Gasteiger partial charge in [-0.2, -0.15) is 0 Å². The van der Waals surface area contributed by atoms with Crippen LogP contribution in [0, 0.1) is 12.8 Å². The molecule has 2 rings (SSSR count). The van der Waals surface area contributed by atoms with Crippen LogP contribution in [-0.4, -0.2) is 46.4 Å². The van der Waals surface area contributed by atoms with Gasteiger partial charge in [-0.25, -0.2) is 9.59 Å². The minimum atomic E-state index is -1.27. The summed E-state index contributed by atoms with van der Waals surface area (Å²) in [7, 11) is 0. The van der Waals surface area contributed by atoms with Gasteiger partial charge in [-0.05, 0) is 25.3 Å². The van der Waals surface area contributed by atoms with Crippen LogP contribution in [0.4, 0.5) is 4.79 Å². The molecule has 0 aliphatic carbocycles. The second kappa shape index (κ2) is 7.15. The zero-order valence-corrected chi connectivity index (χ0v) is 15.2. The molecule has 0 aromatic heterocycles. The number of aryl methyl sites for hydroxylation is 1. The molecule has 1 saturated heterocycles. The molecule has 2 atom stereocenters. The van der Waals surface area contributed by atoms with Gasteiger partial charge in [0.2, 0.25) is 5.91 Å². The van der Waals surface area contributed by atoms with E-state index in [0.29, 0.717) is 5.56 Å². The molecular weight excluding hydrogens is 338 g/mol. The Morgan fingerprint density at radius 1 is 1.23 bits per heavy atom. The Kier molecular flexibility index (Phi) is 5.34. The van der Waals surface area contributed by atoms with Crippen molar-refractivity contribution in [3.8, 4) is 0 Å². The lowest BCUT2D eigenvalue weighted by Gasteiger charge is -2.23. The van der Waals surface area contributed by atoms with Gasteiger partial charge < -0.3 is 15.7 Å². The number of rotatable bonds is 6. The number of nitrogens with zero attached hydrogens (tertiary/aromatic N) is 1. The summed E-state index contributed by atoms with van der Waals surface area (Å²) in [4.78, 5) is 49.1. The number of carboxylic acid groups (broad SMARTS) is 1. The van der Waals surface area contributed by atoms with Crippen LogP contribution in [0.25, 0.3) is 0 Å². The fourth-order valence-electron chi connectivity index (χ4n) is 2.80. The lowest BCUT2D eigenvalue weighted by molar-refractivity contribution is -0.143. The summed E-state index contributed by atoms with van der Waals surface area (Å²) in [5.74, 6) is -2.77. The monoisotopic (exact) mass is 361 g/mol. The van der Waals surface area contributed by atoms with Gasteiger partial charge >= 0.3 is 12.0 Å². The Balaban J connectivity index is 2.15. The highest BCUT2D eigenvalue weighted by Gasteiger charge is 2.49. The van der Waals surface area contributed by atoms with Crippen molar-refractivity contribution in [2.24, 2.45) is 5.92 Å². The first-order valence-electron chi connectivity index (χ1n) is 8.29. The molecule has 0 spiro atoms. The van der Waals surface area contributed by atoms with E-state index >= 15 is 0 Å². The zero-order chi connectivity index (χ0) is 19.6. The largest absolute Gasteiger partial charge is 0.480 e. The topological polar surface area (TPSA) is 116 Å². The van der Waals surface area contributed by atoms with Crippen LogP contribution in [0.2, 0.25) is 0 Å². The molecule has 1 aliphatic heterocycles. The fourth-order valence-corrected chi connectivity index (χ4v) is 2.80. The van der Waals surface area contributed by atoms with Crippen molar-refractivity contribution in [1.82, 2.24) is 15.5 Å². The van der Waals surface area contributed by atoms with Gasteiger partial charge in [-0.15, -0.1) is 0 Å². The van der Waals surface area contributed by atoms with Gasteiger partial charge in [-0.3, -0.25) is 14.5 Å². The second-order valence-corrected chi connectivity index (χ2v) is 6.94. The quantitative estimate of drug-likeness (QED) is 0.654. The third kappa shape index (κ3) is 3.68. The number of imide groups is 1. The van der Waals surface area contributed by atoms with Crippen LogP contribution in [-0.2, 0) is 19.9 Å². The SMILES string of the molecule is Cc1ccc(C2(C)NC(=O)N(CC(=O)N[C@H](C(=O)O)C(C)C)C2=O)cc1. The average molecular weight is 361 g/mol. The first-order valence-corrected chi connectivity index (χ1v) is 8.29. The van der Waals surface area contributed by atoms with E-state index in [4.69, 9.17) is 5.11 Å². The van der Waals surface area contributed by atoms with Crippen LogP contribution in [0.1, 0.15) is 31.9 Å². The summed E-state index contributed by atoms with van der Waals surface area (Å²) >= 11 is 0. The molecule has 1 heterocycles. The highest BCUT2D eigenvalue weighted by atomic mass is 16.4. The van der Waals surface area contributed by atoms with E-state index in [-0.39, 0.29) is 5.92 Å². The number of hydrogen-bond acceptors (Lipinski definition) is 4. The molecule has 1 aliphatic rings. The molecule has 0 radical (unpaired) electrons. The summed E-state index contributed by atoms with van der Waals surface area (Å²) in [5.41, 5.74) is 0.351. The molecule has 1 unspecified atom stereocenters. The molecule has 8 nitrogen and oxygen atoms in total. The molecule has 1 aromatic carbocycles. The Labute approximate surface area is 151 Å². The van der Waals surface area contributed by atoms with E-state index in [1.165, 1.54) is 0 Å². The first kappa shape index (κ1) is 19.4. The van der Waals surface area contributed by atoms with E-state index in [1.54, 1.807) is 32.9 Å². The maximum atomic E-state index is 12.8. The van der Waals surface area contributed by atoms with Crippen LogP contribution in [0.3, 0.4) is 0 Å². The highest BCUT2D eigenvalue weighted by molar-refractivity contribution is 6.09. The molecule has 0 saturated carbocycles. The van der Waals surface area contributed by atoms with E-state index in [0.717, 1.165) is 10.5 Å². The highest BCUT2D eigenvalue weighted by Crippen LogP contribution is 2.28. The Morgan fingerprint density at radius 3 is 2.31 bits per heavy atom. The number of nitrogens with one attached hydrogen (secondary N) is 2.